The van der Waals surface area contributed by atoms with Crippen molar-refractivity contribution in [2.75, 3.05) is 6.54 Å². The van der Waals surface area contributed by atoms with Gasteiger partial charge in [0.05, 0.1) is 6.54 Å². The van der Waals surface area contributed by atoms with Crippen LogP contribution in [0.15, 0.2) is 47.3 Å². The van der Waals surface area contributed by atoms with Gasteiger partial charge in [-0.3, -0.25) is 9.36 Å². The topological polar surface area (TPSA) is 68.9 Å². The van der Waals surface area contributed by atoms with Crippen LogP contribution in [-0.2, 0) is 6.54 Å². The molecule has 2 aromatic carbocycles. The number of hydrogen-bond acceptors (Lipinski definition) is 3. The highest BCUT2D eigenvalue weighted by atomic mass is 19.1. The van der Waals surface area contributed by atoms with Gasteiger partial charge in [-0.2, -0.15) is 0 Å². The van der Waals surface area contributed by atoms with Crippen molar-refractivity contribution in [2.45, 2.75) is 25.4 Å². The molecule has 0 radical (unpaired) electrons. The van der Waals surface area contributed by atoms with Crippen molar-refractivity contribution in [1.82, 2.24) is 19.7 Å². The summed E-state index contributed by atoms with van der Waals surface area (Å²) in [5, 5.41) is 6.72. The van der Waals surface area contributed by atoms with Crippen LogP contribution in [0.5, 0.6) is 0 Å². The molecule has 1 aliphatic carbocycles. The molecule has 0 bridgehead atoms. The molecule has 3 aromatic rings. The van der Waals surface area contributed by atoms with E-state index >= 15 is 0 Å². The lowest BCUT2D eigenvalue weighted by Gasteiger charge is -2.06. The first-order valence-electron chi connectivity index (χ1n) is 9.13. The number of benzene rings is 2. The standard InChI is InChI=1S/C20H17F3N4O2/c21-13-6-4-12(5-7-13)18-25-26(20(29)27(18)14-8-9-14)11-10-24-19(28)17-15(22)2-1-3-16(17)23/h1-7,14H,8-11H2,(H,24,28). The van der Waals surface area contributed by atoms with Crippen molar-refractivity contribution in [2.24, 2.45) is 0 Å². The lowest BCUT2D eigenvalue weighted by atomic mass is 10.2. The summed E-state index contributed by atoms with van der Waals surface area (Å²) in [6, 6.07) is 8.87. The summed E-state index contributed by atoms with van der Waals surface area (Å²) in [7, 11) is 0. The smallest absolute Gasteiger partial charge is 0.346 e. The first kappa shape index (κ1) is 19.0. The van der Waals surface area contributed by atoms with Crippen molar-refractivity contribution in [3.8, 4) is 11.4 Å². The van der Waals surface area contributed by atoms with E-state index in [2.05, 4.69) is 10.4 Å². The maximum atomic E-state index is 13.7. The molecular weight excluding hydrogens is 385 g/mol. The number of rotatable bonds is 6. The highest BCUT2D eigenvalue weighted by Gasteiger charge is 2.30. The van der Waals surface area contributed by atoms with Crippen LogP contribution >= 0.6 is 0 Å². The molecule has 6 nitrogen and oxygen atoms in total. The van der Waals surface area contributed by atoms with Gasteiger partial charge in [0, 0.05) is 18.2 Å². The number of aromatic nitrogens is 3. The Balaban J connectivity index is 1.52. The molecule has 0 saturated heterocycles. The van der Waals surface area contributed by atoms with Crippen molar-refractivity contribution in [1.29, 1.82) is 0 Å². The van der Waals surface area contributed by atoms with Crippen LogP contribution in [0.2, 0.25) is 0 Å². The lowest BCUT2D eigenvalue weighted by Crippen LogP contribution is -2.32. The summed E-state index contributed by atoms with van der Waals surface area (Å²) >= 11 is 0. The monoisotopic (exact) mass is 402 g/mol. The number of nitrogens with zero attached hydrogens (tertiary/aromatic N) is 3. The third-order valence-corrected chi connectivity index (χ3v) is 4.68. The number of hydrogen-bond donors (Lipinski definition) is 1. The van der Waals surface area contributed by atoms with Gasteiger partial charge in [-0.05, 0) is 49.2 Å². The molecule has 1 heterocycles. The van der Waals surface area contributed by atoms with Crippen molar-refractivity contribution >= 4 is 5.91 Å². The maximum Gasteiger partial charge on any atom is 0.346 e. The first-order chi connectivity index (χ1) is 14.0. The van der Waals surface area contributed by atoms with Crippen molar-refractivity contribution < 1.29 is 18.0 Å². The van der Waals surface area contributed by atoms with Crippen LogP contribution in [0.1, 0.15) is 29.2 Å². The molecule has 1 N–H and O–H groups in total. The summed E-state index contributed by atoms with van der Waals surface area (Å²) in [6.07, 6.45) is 1.70. The number of carbonyl (C=O) groups excluding carboxylic acids is 1. The second-order valence-corrected chi connectivity index (χ2v) is 6.79. The molecule has 1 aromatic heterocycles. The van der Waals surface area contributed by atoms with Gasteiger partial charge in [0.1, 0.15) is 23.0 Å². The summed E-state index contributed by atoms with van der Waals surface area (Å²) < 4.78 is 43.3. The van der Waals surface area contributed by atoms with Gasteiger partial charge in [0.25, 0.3) is 5.91 Å². The molecule has 0 unspecified atom stereocenters. The number of halogens is 3. The molecular formula is C20H17F3N4O2. The maximum absolute atomic E-state index is 13.7. The molecule has 4 rings (SSSR count). The number of nitrogens with one attached hydrogen (secondary N) is 1. The Labute approximate surface area is 163 Å². The molecule has 1 aliphatic rings. The fourth-order valence-corrected chi connectivity index (χ4v) is 3.10. The highest BCUT2D eigenvalue weighted by Crippen LogP contribution is 2.36. The number of amides is 1. The average molecular weight is 402 g/mol. The van der Waals surface area contributed by atoms with E-state index in [-0.39, 0.29) is 24.8 Å². The zero-order valence-electron chi connectivity index (χ0n) is 15.2. The van der Waals surface area contributed by atoms with Crippen LogP contribution < -0.4 is 11.0 Å². The van der Waals surface area contributed by atoms with E-state index in [1.165, 1.54) is 22.9 Å². The van der Waals surface area contributed by atoms with E-state index in [0.29, 0.717) is 11.4 Å². The van der Waals surface area contributed by atoms with Crippen LogP contribution in [0.25, 0.3) is 11.4 Å². The summed E-state index contributed by atoms with van der Waals surface area (Å²) in [6.45, 7) is -0.0222. The van der Waals surface area contributed by atoms with E-state index in [1.807, 2.05) is 0 Å². The minimum atomic E-state index is -0.962. The van der Waals surface area contributed by atoms with E-state index in [4.69, 9.17) is 0 Å². The van der Waals surface area contributed by atoms with Gasteiger partial charge >= 0.3 is 5.69 Å². The fraction of sp³-hybridized carbons (Fsp3) is 0.250. The molecule has 150 valence electrons. The van der Waals surface area contributed by atoms with E-state index in [9.17, 15) is 22.8 Å². The Morgan fingerprint density at radius 2 is 1.72 bits per heavy atom. The fourth-order valence-electron chi connectivity index (χ4n) is 3.10. The van der Waals surface area contributed by atoms with Gasteiger partial charge < -0.3 is 5.32 Å². The third-order valence-electron chi connectivity index (χ3n) is 4.68. The van der Waals surface area contributed by atoms with Crippen LogP contribution in [-0.4, -0.2) is 26.8 Å². The Hall–Kier alpha value is -3.36. The minimum absolute atomic E-state index is 0.0224. The van der Waals surface area contributed by atoms with Crippen LogP contribution in [0.3, 0.4) is 0 Å². The minimum Gasteiger partial charge on any atom is -0.350 e. The first-order valence-corrected chi connectivity index (χ1v) is 9.13. The highest BCUT2D eigenvalue weighted by molar-refractivity contribution is 5.94. The Kier molecular flexibility index (Phi) is 4.96. The molecule has 9 heteroatoms. The molecule has 1 amide bonds. The third kappa shape index (κ3) is 3.80. The van der Waals surface area contributed by atoms with Crippen LogP contribution in [0, 0.1) is 17.5 Å². The predicted molar refractivity (Wildman–Crippen MR) is 98.8 cm³/mol. The lowest BCUT2D eigenvalue weighted by molar-refractivity contribution is 0.0943. The summed E-state index contributed by atoms with van der Waals surface area (Å²) in [5.41, 5.74) is -0.417. The Morgan fingerprint density at radius 3 is 2.34 bits per heavy atom. The van der Waals surface area contributed by atoms with Crippen molar-refractivity contribution in [3.05, 3.63) is 76.0 Å². The van der Waals surface area contributed by atoms with Crippen LogP contribution in [0.4, 0.5) is 13.2 Å². The van der Waals surface area contributed by atoms with Gasteiger partial charge in [-0.15, -0.1) is 5.10 Å². The average Bonchev–Trinajstić information content (AvgIpc) is 3.47. The van der Waals surface area contributed by atoms with E-state index in [1.54, 1.807) is 16.7 Å². The SMILES string of the molecule is O=C(NCCn1nc(-c2ccc(F)cc2)n(C2CC2)c1=O)c1c(F)cccc1F. The summed E-state index contributed by atoms with van der Waals surface area (Å²) in [4.78, 5) is 24.8. The number of carbonyl (C=O) groups is 1. The largest absolute Gasteiger partial charge is 0.350 e. The zero-order chi connectivity index (χ0) is 20.5. The second kappa shape index (κ2) is 7.57. The molecule has 29 heavy (non-hydrogen) atoms. The normalized spacial score (nSPS) is 13.5. The molecule has 0 aliphatic heterocycles. The molecule has 1 saturated carbocycles. The molecule has 1 fully saturated rings. The molecule has 0 atom stereocenters. The van der Waals surface area contributed by atoms with Crippen molar-refractivity contribution in [3.63, 3.8) is 0 Å². The van der Waals surface area contributed by atoms with Gasteiger partial charge in [-0.1, -0.05) is 6.07 Å². The Bertz CT molecular complexity index is 1100. The van der Waals surface area contributed by atoms with Gasteiger partial charge in [-0.25, -0.2) is 22.6 Å². The zero-order valence-corrected chi connectivity index (χ0v) is 15.2. The van der Waals surface area contributed by atoms with Gasteiger partial charge in [0.15, 0.2) is 5.82 Å². The second-order valence-electron chi connectivity index (χ2n) is 6.79. The predicted octanol–water partition coefficient (Wildman–Crippen LogP) is 2.89. The molecule has 0 spiro atoms. The Morgan fingerprint density at radius 1 is 1.07 bits per heavy atom. The van der Waals surface area contributed by atoms with E-state index in [0.717, 1.165) is 25.0 Å². The van der Waals surface area contributed by atoms with Gasteiger partial charge in [0.2, 0.25) is 0 Å². The van der Waals surface area contributed by atoms with E-state index < -0.39 is 28.9 Å². The summed E-state index contributed by atoms with van der Waals surface area (Å²) in [5.74, 6) is -2.80. The quantitative estimate of drug-likeness (QED) is 0.689.